The number of halogens is 2. The smallest absolute Gasteiger partial charge is 0.237 e. The number of fused-ring (bicyclic) bond motifs is 2. The molecule has 6 nitrogen and oxygen atoms in total. The first kappa shape index (κ1) is 26.7. The predicted molar refractivity (Wildman–Crippen MR) is 158 cm³/mol. The molecule has 1 fully saturated rings. The summed E-state index contributed by atoms with van der Waals surface area (Å²) in [5.74, 6) is 0.124. The van der Waals surface area contributed by atoms with Crippen LogP contribution in [0.5, 0.6) is 11.5 Å². The maximum absolute atomic E-state index is 14.3. The van der Waals surface area contributed by atoms with Crippen molar-refractivity contribution in [3.8, 4) is 11.5 Å². The predicted octanol–water partition coefficient (Wildman–Crippen LogP) is 5.70. The van der Waals surface area contributed by atoms with Crippen LogP contribution in [0.1, 0.15) is 41.4 Å². The van der Waals surface area contributed by atoms with Gasteiger partial charge in [0, 0.05) is 51.2 Å². The third-order valence-corrected chi connectivity index (χ3v) is 8.53. The summed E-state index contributed by atoms with van der Waals surface area (Å²) in [7, 11) is 6.31. The number of carbonyl (C=O) groups excluding carboxylic acids is 2. The summed E-state index contributed by atoms with van der Waals surface area (Å²) in [6, 6.07) is 13.6. The van der Waals surface area contributed by atoms with Crippen LogP contribution in [0, 0.1) is 25.7 Å². The molecule has 0 bridgehead atoms. The molecule has 40 heavy (non-hydrogen) atoms. The van der Waals surface area contributed by atoms with E-state index in [9.17, 15) is 9.59 Å². The number of nitrogens with one attached hydrogen (secondary N) is 2. The minimum atomic E-state index is -1.19. The molecule has 200 valence electrons. The molecular weight excluding hydrogens is 544 g/mol. The molecule has 1 spiro atoms. The zero-order valence-electron chi connectivity index (χ0n) is 22.0. The van der Waals surface area contributed by atoms with Crippen molar-refractivity contribution in [2.75, 3.05) is 5.32 Å². The molecule has 1 saturated heterocycles. The molecule has 9 heteroatoms. The fourth-order valence-corrected chi connectivity index (χ4v) is 6.93. The zero-order chi connectivity index (χ0) is 28.2. The Labute approximate surface area is 244 Å². The second-order valence-corrected chi connectivity index (χ2v) is 11.6. The highest BCUT2D eigenvalue weighted by Crippen LogP contribution is 2.58. The van der Waals surface area contributed by atoms with Gasteiger partial charge in [-0.1, -0.05) is 59.0 Å². The number of aromatic nitrogens is 1. The van der Waals surface area contributed by atoms with Gasteiger partial charge in [-0.15, -0.1) is 0 Å². The molecular formula is C31H26BCl2N3O3. The fraction of sp³-hybridized carbons (Fsp3) is 0.258. The molecule has 0 saturated carbocycles. The molecule has 3 aliphatic rings. The lowest BCUT2D eigenvalue weighted by molar-refractivity contribution is -0.135. The van der Waals surface area contributed by atoms with E-state index >= 15 is 0 Å². The van der Waals surface area contributed by atoms with E-state index in [2.05, 4.69) is 15.6 Å². The lowest BCUT2D eigenvalue weighted by atomic mass is 9.56. The van der Waals surface area contributed by atoms with Crippen LogP contribution in [0.25, 0.3) is 0 Å². The maximum atomic E-state index is 14.3. The molecule has 1 unspecified atom stereocenters. The van der Waals surface area contributed by atoms with E-state index in [1.165, 1.54) is 0 Å². The summed E-state index contributed by atoms with van der Waals surface area (Å²) >= 11 is 12.8. The minimum absolute atomic E-state index is 0.145. The number of benzene rings is 2. The number of ether oxygens (including phenoxy) is 1. The zero-order valence-corrected chi connectivity index (χ0v) is 23.5. The van der Waals surface area contributed by atoms with Crippen LogP contribution in [-0.2, 0) is 15.0 Å². The van der Waals surface area contributed by atoms with E-state index in [0.29, 0.717) is 44.7 Å². The van der Waals surface area contributed by atoms with Gasteiger partial charge in [-0.3, -0.25) is 14.6 Å². The van der Waals surface area contributed by atoms with Crippen molar-refractivity contribution in [3.05, 3.63) is 99.3 Å². The second kappa shape index (κ2) is 10.1. The van der Waals surface area contributed by atoms with Gasteiger partial charge in [-0.2, -0.15) is 0 Å². The molecule has 2 aromatic carbocycles. The van der Waals surface area contributed by atoms with E-state index in [0.717, 1.165) is 17.0 Å². The lowest BCUT2D eigenvalue weighted by Gasteiger charge is -2.49. The maximum Gasteiger partial charge on any atom is 0.237 e. The Hall–Kier alpha value is -3.55. The van der Waals surface area contributed by atoms with Crippen molar-refractivity contribution < 1.29 is 14.3 Å². The number of pyridine rings is 1. The van der Waals surface area contributed by atoms with Crippen molar-refractivity contribution in [3.63, 3.8) is 0 Å². The number of hydrogen-bond donors (Lipinski definition) is 2. The molecule has 2 radical (unpaired) electrons. The molecule has 2 N–H and O–H groups in total. The minimum Gasteiger partial charge on any atom is -0.457 e. The molecule has 6 rings (SSSR count). The molecule has 2 amide bonds. The molecule has 3 heterocycles. The standard InChI is InChI=1S/C31H26BCl2N3O3/c1-16-10-22(11-17(2)35-16)40-27-9-6-19(32)13-23(27)29-31(24-8-7-21(34)14-26(24)36-30(31)39)25(15-28(38)37-29)18-4-3-5-20(33)12-18/h3-11,13-14,18,25,29H,12,15H2,1-2H3,(H,36,39)(H,37,38)/t18-,25?,29-,31+/m1/s1. The number of piperidine rings is 1. The van der Waals surface area contributed by atoms with Crippen LogP contribution in [-0.4, -0.2) is 24.6 Å². The van der Waals surface area contributed by atoms with Gasteiger partial charge in [0.1, 0.15) is 24.8 Å². The summed E-state index contributed by atoms with van der Waals surface area (Å²) in [5, 5.41) is 7.40. The first-order valence-electron chi connectivity index (χ1n) is 13.1. The first-order chi connectivity index (χ1) is 19.1. The topological polar surface area (TPSA) is 80.3 Å². The van der Waals surface area contributed by atoms with E-state index in [-0.39, 0.29) is 24.2 Å². The van der Waals surface area contributed by atoms with Gasteiger partial charge >= 0.3 is 0 Å². The van der Waals surface area contributed by atoms with Gasteiger partial charge in [0.05, 0.1) is 6.04 Å². The molecule has 3 aromatic rings. The van der Waals surface area contributed by atoms with Crippen LogP contribution in [0.3, 0.4) is 0 Å². The highest BCUT2D eigenvalue weighted by Gasteiger charge is 2.62. The van der Waals surface area contributed by atoms with E-state index < -0.39 is 17.4 Å². The first-order valence-corrected chi connectivity index (χ1v) is 13.9. The van der Waals surface area contributed by atoms with Gasteiger partial charge in [0.25, 0.3) is 0 Å². The molecule has 1 aromatic heterocycles. The highest BCUT2D eigenvalue weighted by atomic mass is 35.5. The number of amides is 2. The Balaban J connectivity index is 1.57. The summed E-state index contributed by atoms with van der Waals surface area (Å²) in [6.45, 7) is 3.79. The Kier molecular flexibility index (Phi) is 6.75. The lowest BCUT2D eigenvalue weighted by Crippen LogP contribution is -2.59. The number of nitrogens with zero attached hydrogens (tertiary/aromatic N) is 1. The van der Waals surface area contributed by atoms with Crippen LogP contribution in [0.4, 0.5) is 5.69 Å². The number of rotatable bonds is 4. The SMILES string of the molecule is [B]c1ccc(Oc2cc(C)nc(C)c2)c([C@H]2NC(=O)CC([C@@H]3C=CC=C(Cl)C3)[C@]23C(=O)Nc2cc(Cl)ccc23)c1. The van der Waals surface area contributed by atoms with Gasteiger partial charge in [0.2, 0.25) is 11.8 Å². The average molecular weight is 570 g/mol. The summed E-state index contributed by atoms with van der Waals surface area (Å²) in [6.07, 6.45) is 6.44. The van der Waals surface area contributed by atoms with Crippen molar-refractivity contribution >= 4 is 54.0 Å². The number of carbonyl (C=O) groups is 2. The van der Waals surface area contributed by atoms with Crippen molar-refractivity contribution in [1.82, 2.24) is 10.3 Å². The van der Waals surface area contributed by atoms with Crippen molar-refractivity contribution in [2.45, 2.75) is 38.1 Å². The van der Waals surface area contributed by atoms with Gasteiger partial charge in [-0.25, -0.2) is 0 Å². The van der Waals surface area contributed by atoms with E-state index in [1.807, 2.05) is 50.3 Å². The summed E-state index contributed by atoms with van der Waals surface area (Å²) in [4.78, 5) is 32.2. The van der Waals surface area contributed by atoms with E-state index in [1.54, 1.807) is 30.3 Å². The van der Waals surface area contributed by atoms with Gasteiger partial charge < -0.3 is 15.4 Å². The van der Waals surface area contributed by atoms with Gasteiger partial charge in [-0.05, 0) is 61.9 Å². The van der Waals surface area contributed by atoms with Crippen LogP contribution in [0.2, 0.25) is 5.02 Å². The largest absolute Gasteiger partial charge is 0.457 e. The number of anilines is 1. The molecule has 2 aliphatic heterocycles. The number of hydrogen-bond acceptors (Lipinski definition) is 4. The molecule has 1 aliphatic carbocycles. The second-order valence-electron chi connectivity index (χ2n) is 10.7. The average Bonchev–Trinajstić information content (AvgIpc) is 3.16. The third-order valence-electron chi connectivity index (χ3n) is 8.01. The van der Waals surface area contributed by atoms with Crippen LogP contribution >= 0.6 is 23.2 Å². The number of allylic oxidation sites excluding steroid dienone is 4. The van der Waals surface area contributed by atoms with Crippen LogP contribution in [0.15, 0.2) is 71.8 Å². The summed E-state index contributed by atoms with van der Waals surface area (Å²) < 4.78 is 6.41. The van der Waals surface area contributed by atoms with Crippen LogP contribution < -0.4 is 20.8 Å². The summed E-state index contributed by atoms with van der Waals surface area (Å²) in [5.41, 5.74) is 2.90. The van der Waals surface area contributed by atoms with Crippen molar-refractivity contribution in [1.29, 1.82) is 0 Å². The van der Waals surface area contributed by atoms with Gasteiger partial charge in [0.15, 0.2) is 0 Å². The molecule has 4 atom stereocenters. The normalized spacial score (nSPS) is 25.3. The quantitative estimate of drug-likeness (QED) is 0.395. The monoisotopic (exact) mass is 569 g/mol. The Morgan fingerprint density at radius 1 is 1.02 bits per heavy atom. The Morgan fingerprint density at radius 3 is 2.55 bits per heavy atom. The fourth-order valence-electron chi connectivity index (χ4n) is 6.51. The highest BCUT2D eigenvalue weighted by molar-refractivity contribution is 6.32. The third kappa shape index (κ3) is 4.51. The number of aryl methyl sites for hydroxylation is 2. The van der Waals surface area contributed by atoms with E-state index in [4.69, 9.17) is 35.8 Å². The Bertz CT molecular complexity index is 1600. The Morgan fingerprint density at radius 2 is 1.80 bits per heavy atom. The van der Waals surface area contributed by atoms with Crippen molar-refractivity contribution in [2.24, 2.45) is 11.8 Å².